The molecular formula is C12H9BrN4OS. The highest BCUT2D eigenvalue weighted by Crippen LogP contribution is 2.29. The Labute approximate surface area is 121 Å². The number of halogens is 1. The first kappa shape index (κ1) is 12.3. The number of hydrogen-bond acceptors (Lipinski definition) is 6. The first-order valence-electron chi connectivity index (χ1n) is 5.45. The van der Waals surface area contributed by atoms with Gasteiger partial charge in [0.25, 0.3) is 5.89 Å². The van der Waals surface area contributed by atoms with Gasteiger partial charge in [0.1, 0.15) is 5.69 Å². The van der Waals surface area contributed by atoms with Crippen LogP contribution in [0, 0.1) is 6.92 Å². The number of rotatable bonds is 2. The number of nitrogens with zero attached hydrogens (tertiary/aromatic N) is 3. The summed E-state index contributed by atoms with van der Waals surface area (Å²) in [6.45, 7) is 2.02. The van der Waals surface area contributed by atoms with Crippen LogP contribution in [0.3, 0.4) is 0 Å². The summed E-state index contributed by atoms with van der Waals surface area (Å²) < 4.78 is 6.14. The fourth-order valence-electron chi connectivity index (χ4n) is 1.62. The second kappa shape index (κ2) is 4.75. The molecule has 3 rings (SSSR count). The van der Waals surface area contributed by atoms with Gasteiger partial charge in [-0.25, -0.2) is 4.98 Å². The number of nitrogens with two attached hydrogens (primary N) is 1. The van der Waals surface area contributed by atoms with Crippen molar-refractivity contribution in [3.8, 4) is 23.0 Å². The summed E-state index contributed by atoms with van der Waals surface area (Å²) in [6, 6.07) is 5.95. The number of benzene rings is 1. The van der Waals surface area contributed by atoms with Crippen LogP contribution in [0.1, 0.15) is 5.56 Å². The minimum atomic E-state index is 0.371. The summed E-state index contributed by atoms with van der Waals surface area (Å²) in [6.07, 6.45) is 0. The lowest BCUT2D eigenvalue weighted by molar-refractivity contribution is 0.431. The second-order valence-corrected chi connectivity index (χ2v) is 5.72. The lowest BCUT2D eigenvalue weighted by Gasteiger charge is -1.99. The predicted molar refractivity (Wildman–Crippen MR) is 77.7 cm³/mol. The fourth-order valence-corrected chi connectivity index (χ4v) is 2.83. The van der Waals surface area contributed by atoms with E-state index in [0.717, 1.165) is 15.6 Å². The summed E-state index contributed by atoms with van der Waals surface area (Å²) in [7, 11) is 0. The van der Waals surface area contributed by atoms with Crippen LogP contribution in [0.25, 0.3) is 23.0 Å². The maximum absolute atomic E-state index is 5.58. The number of aryl methyl sites for hydroxylation is 1. The van der Waals surface area contributed by atoms with Gasteiger partial charge in [-0.3, -0.25) is 0 Å². The van der Waals surface area contributed by atoms with Gasteiger partial charge in [0.05, 0.1) is 0 Å². The zero-order valence-corrected chi connectivity index (χ0v) is 12.3. The SMILES string of the molecule is Cc1ccc(-c2noc(-c3csc(N)n3)n2)c(Br)c1. The Balaban J connectivity index is 2.01. The Morgan fingerprint density at radius 1 is 1.32 bits per heavy atom. The van der Waals surface area contributed by atoms with Crippen LogP contribution < -0.4 is 5.73 Å². The van der Waals surface area contributed by atoms with Crippen LogP contribution in [0.5, 0.6) is 0 Å². The van der Waals surface area contributed by atoms with Crippen molar-refractivity contribution in [3.63, 3.8) is 0 Å². The zero-order chi connectivity index (χ0) is 13.4. The van der Waals surface area contributed by atoms with Crippen molar-refractivity contribution < 1.29 is 4.52 Å². The number of anilines is 1. The third kappa shape index (κ3) is 2.39. The van der Waals surface area contributed by atoms with Gasteiger partial charge in [0.15, 0.2) is 5.13 Å². The second-order valence-electron chi connectivity index (χ2n) is 3.98. The van der Waals surface area contributed by atoms with Crippen LogP contribution >= 0.6 is 27.3 Å². The molecule has 0 fully saturated rings. The zero-order valence-electron chi connectivity index (χ0n) is 9.92. The van der Waals surface area contributed by atoms with Gasteiger partial charge in [0, 0.05) is 15.4 Å². The van der Waals surface area contributed by atoms with Crippen molar-refractivity contribution in [3.05, 3.63) is 33.6 Å². The van der Waals surface area contributed by atoms with Gasteiger partial charge >= 0.3 is 0 Å². The Hall–Kier alpha value is -1.73. The lowest BCUT2D eigenvalue weighted by atomic mass is 10.1. The van der Waals surface area contributed by atoms with Gasteiger partial charge in [-0.1, -0.05) is 27.2 Å². The van der Waals surface area contributed by atoms with Gasteiger partial charge < -0.3 is 10.3 Å². The molecule has 0 saturated heterocycles. The van der Waals surface area contributed by atoms with Crippen LogP contribution in [-0.4, -0.2) is 15.1 Å². The largest absolute Gasteiger partial charge is 0.375 e. The molecule has 2 aromatic heterocycles. The number of nitrogen functional groups attached to an aromatic ring is 1. The smallest absolute Gasteiger partial charge is 0.277 e. The third-order valence-electron chi connectivity index (χ3n) is 2.53. The maximum atomic E-state index is 5.58. The molecule has 0 amide bonds. The van der Waals surface area contributed by atoms with Crippen molar-refractivity contribution in [2.45, 2.75) is 6.92 Å². The van der Waals surface area contributed by atoms with E-state index < -0.39 is 0 Å². The first-order chi connectivity index (χ1) is 9.13. The monoisotopic (exact) mass is 336 g/mol. The van der Waals surface area contributed by atoms with Crippen LogP contribution in [0.2, 0.25) is 0 Å². The van der Waals surface area contributed by atoms with E-state index in [1.165, 1.54) is 11.3 Å². The van der Waals surface area contributed by atoms with E-state index in [-0.39, 0.29) is 0 Å². The first-order valence-corrected chi connectivity index (χ1v) is 7.12. The van der Waals surface area contributed by atoms with Crippen LogP contribution in [0.4, 0.5) is 5.13 Å². The molecule has 0 aliphatic rings. The lowest BCUT2D eigenvalue weighted by Crippen LogP contribution is -1.85. The molecule has 0 aliphatic heterocycles. The minimum Gasteiger partial charge on any atom is -0.375 e. The molecule has 1 aromatic carbocycles. The van der Waals surface area contributed by atoms with E-state index in [1.807, 2.05) is 25.1 Å². The van der Waals surface area contributed by atoms with Crippen molar-refractivity contribution in [1.82, 2.24) is 15.1 Å². The summed E-state index contributed by atoms with van der Waals surface area (Å²) >= 11 is 4.84. The van der Waals surface area contributed by atoms with Crippen LogP contribution in [0.15, 0.2) is 32.6 Å². The van der Waals surface area contributed by atoms with E-state index in [4.69, 9.17) is 10.3 Å². The Morgan fingerprint density at radius 3 is 2.84 bits per heavy atom. The van der Waals surface area contributed by atoms with Crippen molar-refractivity contribution in [2.24, 2.45) is 0 Å². The van der Waals surface area contributed by atoms with Gasteiger partial charge in [-0.05, 0) is 24.6 Å². The summed E-state index contributed by atoms with van der Waals surface area (Å²) in [5.41, 5.74) is 8.22. The molecule has 96 valence electrons. The van der Waals surface area contributed by atoms with E-state index in [1.54, 1.807) is 5.38 Å². The third-order valence-corrected chi connectivity index (χ3v) is 3.86. The fraction of sp³-hybridized carbons (Fsp3) is 0.0833. The number of aromatic nitrogens is 3. The Kier molecular flexibility index (Phi) is 3.08. The molecule has 0 saturated carbocycles. The summed E-state index contributed by atoms with van der Waals surface area (Å²) in [5.74, 6) is 0.892. The van der Waals surface area contributed by atoms with Crippen LogP contribution in [-0.2, 0) is 0 Å². The maximum Gasteiger partial charge on any atom is 0.277 e. The number of hydrogen-bond donors (Lipinski definition) is 1. The molecule has 2 N–H and O–H groups in total. The number of thiazole rings is 1. The molecule has 0 radical (unpaired) electrons. The molecular weight excluding hydrogens is 328 g/mol. The van der Waals surface area contributed by atoms with E-state index in [9.17, 15) is 0 Å². The molecule has 0 atom stereocenters. The average Bonchev–Trinajstić information content (AvgIpc) is 2.97. The topological polar surface area (TPSA) is 77.8 Å². The quantitative estimate of drug-likeness (QED) is 0.774. The molecule has 19 heavy (non-hydrogen) atoms. The molecule has 0 spiro atoms. The van der Waals surface area contributed by atoms with Gasteiger partial charge in [-0.2, -0.15) is 4.98 Å². The highest BCUT2D eigenvalue weighted by atomic mass is 79.9. The van der Waals surface area contributed by atoms with Crippen molar-refractivity contribution in [1.29, 1.82) is 0 Å². The highest BCUT2D eigenvalue weighted by molar-refractivity contribution is 9.10. The highest BCUT2D eigenvalue weighted by Gasteiger charge is 2.14. The normalized spacial score (nSPS) is 10.8. The molecule has 0 unspecified atom stereocenters. The predicted octanol–water partition coefficient (Wildman–Crippen LogP) is 3.51. The Bertz CT molecular complexity index is 737. The Morgan fingerprint density at radius 2 is 2.16 bits per heavy atom. The standard InChI is InChI=1S/C12H9BrN4OS/c1-6-2-3-7(8(13)4-6)10-16-11(18-17-10)9-5-19-12(14)15-9/h2-5H,1H3,(H2,14,15). The van der Waals surface area contributed by atoms with E-state index in [2.05, 4.69) is 31.1 Å². The summed E-state index contributed by atoms with van der Waals surface area (Å²) in [5, 5.41) is 6.24. The van der Waals surface area contributed by atoms with Gasteiger partial charge in [-0.15, -0.1) is 11.3 Å². The molecule has 5 nitrogen and oxygen atoms in total. The molecule has 2 heterocycles. The van der Waals surface area contributed by atoms with E-state index in [0.29, 0.717) is 22.5 Å². The average molecular weight is 337 g/mol. The molecule has 0 aliphatic carbocycles. The van der Waals surface area contributed by atoms with Crippen molar-refractivity contribution in [2.75, 3.05) is 5.73 Å². The van der Waals surface area contributed by atoms with Gasteiger partial charge in [0.2, 0.25) is 5.82 Å². The van der Waals surface area contributed by atoms with Crippen molar-refractivity contribution >= 4 is 32.4 Å². The molecule has 3 aromatic rings. The summed E-state index contributed by atoms with van der Waals surface area (Å²) in [4.78, 5) is 8.45. The van der Waals surface area contributed by atoms with E-state index >= 15 is 0 Å². The molecule has 0 bridgehead atoms. The molecule has 7 heteroatoms. The minimum absolute atomic E-state index is 0.371.